The first-order chi connectivity index (χ1) is 13.4. The number of aromatic nitrogens is 1. The number of aromatic carboxylic acids is 1. The second-order valence-electron chi connectivity index (χ2n) is 6.49. The first-order valence-electron chi connectivity index (χ1n) is 8.61. The molecule has 4 aromatic rings. The maximum Gasteiger partial charge on any atom is 0.123 e. The summed E-state index contributed by atoms with van der Waals surface area (Å²) in [6, 6.07) is 17.4. The molecular formula is C23H14F2NO2-. The van der Waals surface area contributed by atoms with Crippen molar-refractivity contribution in [1.82, 2.24) is 4.98 Å². The van der Waals surface area contributed by atoms with Gasteiger partial charge in [0.05, 0.1) is 17.2 Å². The van der Waals surface area contributed by atoms with E-state index in [1.807, 2.05) is 24.3 Å². The first kappa shape index (κ1) is 17.8. The fourth-order valence-electron chi connectivity index (χ4n) is 3.34. The Bertz CT molecular complexity index is 1200. The molecule has 0 unspecified atom stereocenters. The lowest BCUT2D eigenvalue weighted by atomic mass is 9.96. The van der Waals surface area contributed by atoms with E-state index in [0.29, 0.717) is 16.8 Å². The van der Waals surface area contributed by atoms with E-state index in [9.17, 15) is 18.7 Å². The number of fused-ring (bicyclic) bond motifs is 1. The maximum atomic E-state index is 13.6. The largest absolute Gasteiger partial charge is 0.545 e. The van der Waals surface area contributed by atoms with Crippen molar-refractivity contribution in [2.24, 2.45) is 0 Å². The molecule has 3 aromatic carbocycles. The number of nitrogens with zero attached hydrogens (tertiary/aromatic N) is 1. The van der Waals surface area contributed by atoms with Gasteiger partial charge in [-0.1, -0.05) is 36.4 Å². The number of hydrogen-bond acceptors (Lipinski definition) is 3. The molecule has 0 saturated heterocycles. The van der Waals surface area contributed by atoms with Crippen LogP contribution >= 0.6 is 0 Å². The molecule has 0 spiro atoms. The van der Waals surface area contributed by atoms with Gasteiger partial charge in [-0.3, -0.25) is 0 Å². The molecule has 0 aliphatic rings. The summed E-state index contributed by atoms with van der Waals surface area (Å²) in [6.07, 6.45) is 0. The average Bonchev–Trinajstić information content (AvgIpc) is 2.68. The Balaban J connectivity index is 1.85. The molecule has 0 bridgehead atoms. The highest BCUT2D eigenvalue weighted by molar-refractivity contribution is 6.04. The van der Waals surface area contributed by atoms with Crippen molar-refractivity contribution >= 4 is 16.9 Å². The second kappa shape index (κ2) is 6.85. The molecule has 0 amide bonds. The third kappa shape index (κ3) is 3.11. The minimum absolute atomic E-state index is 0.0675. The van der Waals surface area contributed by atoms with Crippen LogP contribution in [0.25, 0.3) is 33.3 Å². The predicted octanol–water partition coefficient (Wildman–Crippen LogP) is 4.52. The normalized spacial score (nSPS) is 11.0. The molecule has 28 heavy (non-hydrogen) atoms. The lowest BCUT2D eigenvalue weighted by molar-refractivity contribution is -0.254. The maximum absolute atomic E-state index is 13.6. The Labute approximate surface area is 159 Å². The Morgan fingerprint density at radius 3 is 1.96 bits per heavy atom. The fourth-order valence-corrected chi connectivity index (χ4v) is 3.34. The second-order valence-corrected chi connectivity index (χ2v) is 6.49. The molecule has 0 radical (unpaired) electrons. The van der Waals surface area contributed by atoms with Gasteiger partial charge < -0.3 is 9.90 Å². The number of hydrogen-bond donors (Lipinski definition) is 0. The van der Waals surface area contributed by atoms with E-state index in [2.05, 4.69) is 4.98 Å². The van der Waals surface area contributed by atoms with Crippen LogP contribution in [0.2, 0.25) is 0 Å². The van der Waals surface area contributed by atoms with Gasteiger partial charge in [-0.15, -0.1) is 0 Å². The summed E-state index contributed by atoms with van der Waals surface area (Å²) in [5, 5.41) is 11.9. The van der Waals surface area contributed by atoms with Gasteiger partial charge in [0.25, 0.3) is 0 Å². The number of pyridine rings is 1. The fraction of sp³-hybridized carbons (Fsp3) is 0.0435. The predicted molar refractivity (Wildman–Crippen MR) is 102 cm³/mol. The van der Waals surface area contributed by atoms with Gasteiger partial charge in [-0.25, -0.2) is 13.8 Å². The Kier molecular flexibility index (Phi) is 4.35. The standard InChI is InChI=1S/C23H15F2NO2/c1-13-21(23(27)28)19-12-18(25)10-11-20(19)26-22(13)16-4-2-14(3-5-16)15-6-8-17(24)9-7-15/h2-12H,1H3,(H,27,28)/p-1. The Hall–Kier alpha value is -3.60. The van der Waals surface area contributed by atoms with Crippen molar-refractivity contribution in [3.8, 4) is 22.4 Å². The molecule has 0 saturated carbocycles. The third-order valence-electron chi connectivity index (χ3n) is 4.73. The van der Waals surface area contributed by atoms with Crippen LogP contribution < -0.4 is 5.11 Å². The Morgan fingerprint density at radius 2 is 1.36 bits per heavy atom. The highest BCUT2D eigenvalue weighted by atomic mass is 19.1. The number of rotatable bonds is 3. The molecular weight excluding hydrogens is 360 g/mol. The highest BCUT2D eigenvalue weighted by Gasteiger charge is 2.15. The van der Waals surface area contributed by atoms with Crippen molar-refractivity contribution in [1.29, 1.82) is 0 Å². The Morgan fingerprint density at radius 1 is 0.821 bits per heavy atom. The van der Waals surface area contributed by atoms with E-state index in [4.69, 9.17) is 0 Å². The molecule has 0 aliphatic heterocycles. The van der Waals surface area contributed by atoms with Crippen molar-refractivity contribution < 1.29 is 18.7 Å². The van der Waals surface area contributed by atoms with E-state index in [-0.39, 0.29) is 16.8 Å². The van der Waals surface area contributed by atoms with Crippen LogP contribution in [0.3, 0.4) is 0 Å². The van der Waals surface area contributed by atoms with E-state index >= 15 is 0 Å². The van der Waals surface area contributed by atoms with E-state index < -0.39 is 11.8 Å². The molecule has 1 aromatic heterocycles. The van der Waals surface area contributed by atoms with Gasteiger partial charge in [-0.05, 0) is 53.9 Å². The summed E-state index contributed by atoms with van der Waals surface area (Å²) >= 11 is 0. The smallest absolute Gasteiger partial charge is 0.123 e. The summed E-state index contributed by atoms with van der Waals surface area (Å²) in [6.45, 7) is 1.63. The number of carbonyl (C=O) groups is 1. The number of carboxylic acid groups (broad SMARTS) is 1. The van der Waals surface area contributed by atoms with Gasteiger partial charge in [0.1, 0.15) is 11.6 Å². The van der Waals surface area contributed by atoms with Crippen molar-refractivity contribution in [2.75, 3.05) is 0 Å². The van der Waals surface area contributed by atoms with E-state index in [1.54, 1.807) is 19.1 Å². The molecule has 5 heteroatoms. The van der Waals surface area contributed by atoms with Crippen molar-refractivity contribution in [3.63, 3.8) is 0 Å². The van der Waals surface area contributed by atoms with Gasteiger partial charge >= 0.3 is 0 Å². The van der Waals surface area contributed by atoms with Gasteiger partial charge in [0, 0.05) is 16.5 Å². The van der Waals surface area contributed by atoms with Crippen LogP contribution in [-0.4, -0.2) is 11.0 Å². The summed E-state index contributed by atoms with van der Waals surface area (Å²) in [5.41, 5.74) is 3.69. The van der Waals surface area contributed by atoms with Crippen LogP contribution in [0.4, 0.5) is 8.78 Å². The topological polar surface area (TPSA) is 53.0 Å². The summed E-state index contributed by atoms with van der Waals surface area (Å²) in [4.78, 5) is 16.2. The van der Waals surface area contributed by atoms with Crippen LogP contribution in [0.1, 0.15) is 15.9 Å². The first-order valence-corrected chi connectivity index (χ1v) is 8.61. The van der Waals surface area contributed by atoms with Crippen LogP contribution in [0.5, 0.6) is 0 Å². The highest BCUT2D eigenvalue weighted by Crippen LogP contribution is 2.31. The minimum Gasteiger partial charge on any atom is -0.545 e. The summed E-state index contributed by atoms with van der Waals surface area (Å²) in [5.74, 6) is -2.21. The molecule has 0 fully saturated rings. The number of carboxylic acids is 1. The van der Waals surface area contributed by atoms with Crippen LogP contribution in [-0.2, 0) is 0 Å². The molecule has 3 nitrogen and oxygen atoms in total. The lowest BCUT2D eigenvalue weighted by Gasteiger charge is -2.15. The SMILES string of the molecule is Cc1c(-c2ccc(-c3ccc(F)cc3)cc2)nc2ccc(F)cc2c1C(=O)[O-]. The number of carbonyl (C=O) groups excluding carboxylic acids is 1. The van der Waals surface area contributed by atoms with Crippen molar-refractivity contribution in [2.45, 2.75) is 6.92 Å². The number of halogens is 2. The minimum atomic E-state index is -1.38. The zero-order chi connectivity index (χ0) is 19.8. The monoisotopic (exact) mass is 374 g/mol. The molecule has 0 atom stereocenters. The molecule has 138 valence electrons. The summed E-state index contributed by atoms with van der Waals surface area (Å²) in [7, 11) is 0. The summed E-state index contributed by atoms with van der Waals surface area (Å²) < 4.78 is 26.7. The lowest BCUT2D eigenvalue weighted by Crippen LogP contribution is -2.24. The quantitative estimate of drug-likeness (QED) is 0.530. The van der Waals surface area contributed by atoms with Crippen molar-refractivity contribution in [3.05, 3.63) is 89.5 Å². The zero-order valence-corrected chi connectivity index (χ0v) is 14.9. The molecule has 0 aliphatic carbocycles. The van der Waals surface area contributed by atoms with Crippen LogP contribution in [0, 0.1) is 18.6 Å². The average molecular weight is 374 g/mol. The molecule has 1 heterocycles. The number of benzene rings is 3. The van der Waals surface area contributed by atoms with E-state index in [0.717, 1.165) is 22.8 Å². The molecule has 0 N–H and O–H groups in total. The van der Waals surface area contributed by atoms with Crippen LogP contribution in [0.15, 0.2) is 66.7 Å². The van der Waals surface area contributed by atoms with Gasteiger partial charge in [0.2, 0.25) is 0 Å². The van der Waals surface area contributed by atoms with Gasteiger partial charge in [-0.2, -0.15) is 0 Å². The van der Waals surface area contributed by atoms with Gasteiger partial charge in [0.15, 0.2) is 0 Å². The molecule has 4 rings (SSSR count). The zero-order valence-electron chi connectivity index (χ0n) is 14.9. The third-order valence-corrected chi connectivity index (χ3v) is 4.73. The van der Waals surface area contributed by atoms with E-state index in [1.165, 1.54) is 24.3 Å².